The Hall–Kier alpha value is -4.52. The third-order valence-corrected chi connectivity index (χ3v) is 8.76. The topological polar surface area (TPSA) is 167 Å². The maximum atomic E-state index is 13.9. The molecule has 0 fully saturated rings. The van der Waals surface area contributed by atoms with Crippen LogP contribution >= 0.6 is 0 Å². The van der Waals surface area contributed by atoms with E-state index in [1.165, 1.54) is 19.1 Å². The molecule has 0 aromatic heterocycles. The molecule has 0 radical (unpaired) electrons. The Morgan fingerprint density at radius 2 is 1.52 bits per heavy atom. The Morgan fingerprint density at radius 1 is 0.942 bits per heavy atom. The number of carbonyl (C=O) groups is 6. The lowest BCUT2D eigenvalue weighted by Gasteiger charge is -2.39. The number of hydrogen-bond acceptors (Lipinski definition) is 10. The predicted molar refractivity (Wildman–Crippen MR) is 193 cm³/mol. The molecule has 1 heterocycles. The zero-order valence-corrected chi connectivity index (χ0v) is 32.1. The fourth-order valence-corrected chi connectivity index (χ4v) is 6.27. The molecule has 52 heavy (non-hydrogen) atoms. The number of carbonyl (C=O) groups excluding carboxylic acids is 6. The van der Waals surface area contributed by atoms with E-state index in [2.05, 4.69) is 17.2 Å². The highest BCUT2D eigenvalue weighted by Crippen LogP contribution is 2.34. The van der Waals surface area contributed by atoms with Crippen LogP contribution < -0.4 is 10.6 Å². The Bertz CT molecular complexity index is 1520. The number of esters is 2. The number of alkyl carbamates (subject to hydrolysis) is 1. The summed E-state index contributed by atoms with van der Waals surface area (Å²) < 4.78 is 23.4. The average molecular weight is 726 g/mol. The molecule has 1 unspecified atom stereocenters. The molecule has 3 rings (SSSR count). The van der Waals surface area contributed by atoms with Crippen LogP contribution in [0.3, 0.4) is 0 Å². The van der Waals surface area contributed by atoms with Gasteiger partial charge in [0, 0.05) is 24.1 Å². The average Bonchev–Trinajstić information content (AvgIpc) is 3.28. The van der Waals surface area contributed by atoms with Gasteiger partial charge >= 0.3 is 18.0 Å². The van der Waals surface area contributed by atoms with Crippen molar-refractivity contribution in [2.45, 2.75) is 131 Å². The third kappa shape index (κ3) is 10.8. The summed E-state index contributed by atoms with van der Waals surface area (Å²) in [6.07, 6.45) is 0.260. The molecule has 1 aliphatic heterocycles. The van der Waals surface area contributed by atoms with E-state index in [0.29, 0.717) is 18.5 Å². The van der Waals surface area contributed by atoms with Gasteiger partial charge in [-0.3, -0.25) is 24.6 Å². The zero-order valence-electron chi connectivity index (χ0n) is 32.1. The Labute approximate surface area is 306 Å². The standard InChI is InChI=1S/C39H55N3O10/c1-12-27(13-2)49-30-20-26(19-25(31(30)41-24(8)43)18-23(7)40-38(48)52-39(9,10)11)35(46)50-37(22(5)6)51-36(47)32(21(3)4)42-33(44)28-16-14-15-17-29(28)34(42)45/h14-17,20-22,25,27,30-32,37H,7,12-13,18-19H2,1-6,8-11H3,(H,40,48)(H,41,43)/t25-,30+,31+,32+,37?/m0/s1. The molecule has 1 aromatic carbocycles. The summed E-state index contributed by atoms with van der Waals surface area (Å²) in [5, 5.41) is 5.61. The molecule has 1 aromatic rings. The summed E-state index contributed by atoms with van der Waals surface area (Å²) in [4.78, 5) is 80.0. The fourth-order valence-electron chi connectivity index (χ4n) is 6.27. The van der Waals surface area contributed by atoms with E-state index in [9.17, 15) is 28.8 Å². The lowest BCUT2D eigenvalue weighted by atomic mass is 9.79. The zero-order chi connectivity index (χ0) is 39.1. The molecular formula is C39H55N3O10. The van der Waals surface area contributed by atoms with E-state index in [4.69, 9.17) is 18.9 Å². The van der Waals surface area contributed by atoms with Crippen molar-refractivity contribution in [1.82, 2.24) is 15.5 Å². The van der Waals surface area contributed by atoms with Gasteiger partial charge in [-0.2, -0.15) is 0 Å². The summed E-state index contributed by atoms with van der Waals surface area (Å²) >= 11 is 0. The molecule has 2 N–H and O–H groups in total. The number of fused-ring (bicyclic) bond motifs is 1. The number of hydrogen-bond donors (Lipinski definition) is 2. The number of nitrogens with zero attached hydrogens (tertiary/aromatic N) is 1. The van der Waals surface area contributed by atoms with Crippen LogP contribution in [0.1, 0.15) is 116 Å². The minimum Gasteiger partial charge on any atom is -0.444 e. The first kappa shape index (κ1) is 41.9. The van der Waals surface area contributed by atoms with Gasteiger partial charge in [0.2, 0.25) is 12.2 Å². The molecule has 0 saturated heterocycles. The molecule has 0 bridgehead atoms. The third-order valence-electron chi connectivity index (χ3n) is 8.76. The molecule has 4 amide bonds. The second-order valence-corrected chi connectivity index (χ2v) is 15.0. The van der Waals surface area contributed by atoms with Crippen molar-refractivity contribution in [2.24, 2.45) is 17.8 Å². The summed E-state index contributed by atoms with van der Waals surface area (Å²) in [7, 11) is 0. The van der Waals surface area contributed by atoms with Crippen LogP contribution in [0.2, 0.25) is 0 Å². The number of allylic oxidation sites excluding steroid dienone is 1. The van der Waals surface area contributed by atoms with Crippen molar-refractivity contribution >= 4 is 35.8 Å². The van der Waals surface area contributed by atoms with Crippen molar-refractivity contribution in [3.8, 4) is 0 Å². The predicted octanol–water partition coefficient (Wildman–Crippen LogP) is 5.83. The number of nitrogens with one attached hydrogen (secondary N) is 2. The molecule has 0 spiro atoms. The van der Waals surface area contributed by atoms with Gasteiger partial charge in [0.1, 0.15) is 11.6 Å². The van der Waals surface area contributed by atoms with E-state index >= 15 is 0 Å². The van der Waals surface area contributed by atoms with Crippen molar-refractivity contribution < 1.29 is 47.7 Å². The van der Waals surface area contributed by atoms with E-state index in [1.807, 2.05) is 13.8 Å². The van der Waals surface area contributed by atoms with Gasteiger partial charge in [-0.15, -0.1) is 0 Å². The minimum atomic E-state index is -1.37. The van der Waals surface area contributed by atoms with Gasteiger partial charge in [-0.25, -0.2) is 14.4 Å². The number of benzene rings is 1. The Morgan fingerprint density at radius 3 is 2.00 bits per heavy atom. The van der Waals surface area contributed by atoms with Crippen LogP contribution in [-0.4, -0.2) is 76.8 Å². The lowest BCUT2D eigenvalue weighted by Crippen LogP contribution is -2.52. The fraction of sp³-hybridized carbons (Fsp3) is 0.590. The molecule has 286 valence electrons. The number of ether oxygens (including phenoxy) is 4. The van der Waals surface area contributed by atoms with Crippen molar-refractivity contribution in [1.29, 1.82) is 0 Å². The normalized spacial score (nSPS) is 19.9. The van der Waals surface area contributed by atoms with Crippen LogP contribution in [0.4, 0.5) is 4.79 Å². The molecule has 13 heteroatoms. The van der Waals surface area contributed by atoms with Crippen LogP contribution in [0.15, 0.2) is 48.2 Å². The summed E-state index contributed by atoms with van der Waals surface area (Å²) in [5.74, 6) is -4.68. The molecule has 13 nitrogen and oxygen atoms in total. The smallest absolute Gasteiger partial charge is 0.411 e. The Kier molecular flexibility index (Phi) is 14.3. The van der Waals surface area contributed by atoms with Gasteiger partial charge in [0.25, 0.3) is 11.8 Å². The van der Waals surface area contributed by atoms with Crippen molar-refractivity contribution in [3.63, 3.8) is 0 Å². The summed E-state index contributed by atoms with van der Waals surface area (Å²) in [5.41, 5.74) is 0.187. The van der Waals surface area contributed by atoms with Crippen molar-refractivity contribution in [3.05, 3.63) is 59.3 Å². The van der Waals surface area contributed by atoms with Crippen molar-refractivity contribution in [2.75, 3.05) is 0 Å². The van der Waals surface area contributed by atoms with E-state index in [0.717, 1.165) is 4.90 Å². The van der Waals surface area contributed by atoms with Crippen LogP contribution in [0.5, 0.6) is 0 Å². The summed E-state index contributed by atoms with van der Waals surface area (Å²) in [6.45, 7) is 21.3. The first-order valence-corrected chi connectivity index (χ1v) is 18.0. The SMILES string of the molecule is C=C(C[C@H]1CC(C(=O)OC(OC(=O)[C@@H](C(C)C)N2C(=O)c3ccccc3C2=O)C(C)C)=C[C@@H](OC(CC)CC)[C@@H]1NC(C)=O)NC(=O)OC(C)(C)C. The van der Waals surface area contributed by atoms with Gasteiger partial charge in [-0.1, -0.05) is 60.3 Å². The maximum absolute atomic E-state index is 13.9. The molecule has 2 aliphatic rings. The number of imide groups is 1. The first-order valence-electron chi connectivity index (χ1n) is 18.0. The molecule has 0 saturated carbocycles. The largest absolute Gasteiger partial charge is 0.444 e. The highest BCUT2D eigenvalue weighted by Gasteiger charge is 2.46. The van der Waals surface area contributed by atoms with E-state index in [-0.39, 0.29) is 41.6 Å². The van der Waals surface area contributed by atoms with Crippen LogP contribution in [0.25, 0.3) is 0 Å². The molecule has 1 aliphatic carbocycles. The number of rotatable bonds is 15. The van der Waals surface area contributed by atoms with Gasteiger partial charge in [-0.05, 0) is 76.5 Å². The maximum Gasteiger partial charge on any atom is 0.411 e. The van der Waals surface area contributed by atoms with Crippen LogP contribution in [-0.2, 0) is 33.3 Å². The Balaban J connectivity index is 1.89. The van der Waals surface area contributed by atoms with E-state index in [1.54, 1.807) is 66.7 Å². The van der Waals surface area contributed by atoms with E-state index < -0.39 is 77.7 Å². The minimum absolute atomic E-state index is 0.101. The highest BCUT2D eigenvalue weighted by molar-refractivity contribution is 6.22. The van der Waals surface area contributed by atoms with Gasteiger partial charge < -0.3 is 24.3 Å². The molecular weight excluding hydrogens is 670 g/mol. The first-order chi connectivity index (χ1) is 24.3. The molecule has 5 atom stereocenters. The van der Waals surface area contributed by atoms with Gasteiger partial charge in [0.15, 0.2) is 0 Å². The van der Waals surface area contributed by atoms with Gasteiger partial charge in [0.05, 0.1) is 29.4 Å². The summed E-state index contributed by atoms with van der Waals surface area (Å²) in [6, 6.07) is 4.48. The second-order valence-electron chi connectivity index (χ2n) is 15.0. The highest BCUT2D eigenvalue weighted by atomic mass is 16.7. The monoisotopic (exact) mass is 725 g/mol. The number of amides is 4. The van der Waals surface area contributed by atoms with Crippen LogP contribution in [0, 0.1) is 17.8 Å². The quantitative estimate of drug-likeness (QED) is 0.128. The second kappa shape index (κ2) is 17.8. The lowest BCUT2D eigenvalue weighted by molar-refractivity contribution is -0.197.